The Labute approximate surface area is 99.8 Å². The average molecular weight is 317 g/mol. The van der Waals surface area contributed by atoms with Crippen molar-refractivity contribution in [1.82, 2.24) is 4.98 Å². The maximum Gasteiger partial charge on any atom is 0.123 e. The molecule has 0 atom stereocenters. The highest BCUT2D eigenvalue weighted by Crippen LogP contribution is 2.24. The number of aliphatic hydroxyl groups excluding tert-OH is 1. The molecule has 0 bridgehead atoms. The molecule has 0 radical (unpaired) electrons. The van der Waals surface area contributed by atoms with Gasteiger partial charge in [0.25, 0.3) is 0 Å². The third kappa shape index (κ3) is 2.13. The van der Waals surface area contributed by atoms with E-state index in [0.717, 1.165) is 16.3 Å². The van der Waals surface area contributed by atoms with Gasteiger partial charge in [-0.1, -0.05) is 12.1 Å². The molecule has 0 aliphatic rings. The van der Waals surface area contributed by atoms with Crippen molar-refractivity contribution in [2.75, 3.05) is 0 Å². The zero-order valence-electron chi connectivity index (χ0n) is 7.27. The number of nitrogens with zero attached hydrogens (tertiary/aromatic N) is 1. The van der Waals surface area contributed by atoms with Gasteiger partial charge in [-0.25, -0.2) is 4.98 Å². The normalized spacial score (nSPS) is 10.4. The number of aliphatic hydroxyl groups is 1. The van der Waals surface area contributed by atoms with Crippen LogP contribution < -0.4 is 0 Å². The summed E-state index contributed by atoms with van der Waals surface area (Å²) in [5.41, 5.74) is 1.85. The van der Waals surface area contributed by atoms with Gasteiger partial charge in [0, 0.05) is 14.5 Å². The summed E-state index contributed by atoms with van der Waals surface area (Å²) in [4.78, 5) is 4.29. The molecule has 0 fully saturated rings. The minimum atomic E-state index is 0.0148. The van der Waals surface area contributed by atoms with Gasteiger partial charge in [-0.2, -0.15) is 0 Å². The van der Waals surface area contributed by atoms with Crippen molar-refractivity contribution in [2.24, 2.45) is 0 Å². The van der Waals surface area contributed by atoms with Gasteiger partial charge in [-0.05, 0) is 34.7 Å². The fourth-order valence-electron chi connectivity index (χ4n) is 1.10. The van der Waals surface area contributed by atoms with E-state index in [1.54, 1.807) is 11.3 Å². The summed E-state index contributed by atoms with van der Waals surface area (Å²) in [5, 5.41) is 11.7. The fraction of sp³-hybridized carbons (Fsp3) is 0.100. The van der Waals surface area contributed by atoms with Gasteiger partial charge in [-0.15, -0.1) is 11.3 Å². The second-order valence-electron chi connectivity index (χ2n) is 2.81. The van der Waals surface area contributed by atoms with Crippen LogP contribution in [0.25, 0.3) is 10.6 Å². The molecule has 1 N–H and O–H groups in total. The second-order valence-corrected chi connectivity index (χ2v) is 4.91. The summed E-state index contributed by atoms with van der Waals surface area (Å²) in [6, 6.07) is 8.19. The Hall–Kier alpha value is -0.460. The van der Waals surface area contributed by atoms with E-state index in [1.165, 1.54) is 3.57 Å². The molecule has 2 rings (SSSR count). The summed E-state index contributed by atoms with van der Waals surface area (Å²) < 4.78 is 1.21. The molecular weight excluding hydrogens is 309 g/mol. The van der Waals surface area contributed by atoms with Crippen LogP contribution in [-0.2, 0) is 6.61 Å². The molecule has 2 nitrogen and oxygen atoms in total. The minimum Gasteiger partial charge on any atom is -0.390 e. The van der Waals surface area contributed by atoms with Crippen molar-refractivity contribution in [3.05, 3.63) is 38.9 Å². The summed E-state index contributed by atoms with van der Waals surface area (Å²) in [5.74, 6) is 0. The summed E-state index contributed by atoms with van der Waals surface area (Å²) >= 11 is 3.83. The zero-order chi connectivity index (χ0) is 9.97. The molecule has 14 heavy (non-hydrogen) atoms. The molecular formula is C10H8INOS. The lowest BCUT2D eigenvalue weighted by atomic mass is 10.2. The van der Waals surface area contributed by atoms with Gasteiger partial charge in [-0.3, -0.25) is 0 Å². The summed E-state index contributed by atoms with van der Waals surface area (Å²) in [6.45, 7) is 0.0148. The standard InChI is InChI=1S/C10H8INOS/c11-8-3-1-7(2-4-8)10-12-9(5-13)6-14-10/h1-4,6,13H,5H2. The van der Waals surface area contributed by atoms with E-state index >= 15 is 0 Å². The quantitative estimate of drug-likeness (QED) is 0.864. The first kappa shape index (κ1) is 10.1. The number of hydrogen-bond acceptors (Lipinski definition) is 3. The lowest BCUT2D eigenvalue weighted by Gasteiger charge is -1.95. The Kier molecular flexibility index (Phi) is 3.15. The maximum absolute atomic E-state index is 8.88. The van der Waals surface area contributed by atoms with Crippen LogP contribution in [0.2, 0.25) is 0 Å². The van der Waals surface area contributed by atoms with Crippen LogP contribution in [0.5, 0.6) is 0 Å². The van der Waals surface area contributed by atoms with Crippen molar-refractivity contribution in [3.8, 4) is 10.6 Å². The summed E-state index contributed by atoms with van der Waals surface area (Å²) in [7, 11) is 0. The highest BCUT2D eigenvalue weighted by atomic mass is 127. The number of halogens is 1. The van der Waals surface area contributed by atoms with Crippen molar-refractivity contribution in [3.63, 3.8) is 0 Å². The first-order chi connectivity index (χ1) is 6.79. The van der Waals surface area contributed by atoms with Crippen molar-refractivity contribution in [2.45, 2.75) is 6.61 Å². The number of aromatic nitrogens is 1. The van der Waals surface area contributed by atoms with Crippen LogP contribution in [0.1, 0.15) is 5.69 Å². The van der Waals surface area contributed by atoms with Gasteiger partial charge in [0.15, 0.2) is 0 Å². The lowest BCUT2D eigenvalue weighted by molar-refractivity contribution is 0.278. The maximum atomic E-state index is 8.88. The molecule has 4 heteroatoms. The minimum absolute atomic E-state index is 0.0148. The van der Waals surface area contributed by atoms with Gasteiger partial charge >= 0.3 is 0 Å². The highest BCUT2D eigenvalue weighted by Gasteiger charge is 2.03. The van der Waals surface area contributed by atoms with Crippen LogP contribution in [0.4, 0.5) is 0 Å². The molecule has 0 unspecified atom stereocenters. The molecule has 0 saturated heterocycles. The Balaban J connectivity index is 2.34. The average Bonchev–Trinajstić information content (AvgIpc) is 2.67. The van der Waals surface area contributed by atoms with Crippen LogP contribution >= 0.6 is 33.9 Å². The second kappa shape index (κ2) is 4.37. The first-order valence-electron chi connectivity index (χ1n) is 4.11. The van der Waals surface area contributed by atoms with Crippen LogP contribution in [0.15, 0.2) is 29.6 Å². The third-order valence-electron chi connectivity index (χ3n) is 1.80. The van der Waals surface area contributed by atoms with E-state index in [9.17, 15) is 0 Å². The van der Waals surface area contributed by atoms with Crippen LogP contribution in [-0.4, -0.2) is 10.1 Å². The Morgan fingerprint density at radius 1 is 1.29 bits per heavy atom. The molecule has 1 aromatic heterocycles. The monoisotopic (exact) mass is 317 g/mol. The van der Waals surface area contributed by atoms with Crippen LogP contribution in [0, 0.1) is 3.57 Å². The van der Waals surface area contributed by atoms with Crippen molar-refractivity contribution < 1.29 is 5.11 Å². The number of thiazole rings is 1. The predicted octanol–water partition coefficient (Wildman–Crippen LogP) is 2.91. The van der Waals surface area contributed by atoms with E-state index in [-0.39, 0.29) is 6.61 Å². The largest absolute Gasteiger partial charge is 0.390 e. The van der Waals surface area contributed by atoms with Gasteiger partial charge in [0.2, 0.25) is 0 Å². The number of hydrogen-bond donors (Lipinski definition) is 1. The molecule has 0 saturated carbocycles. The van der Waals surface area contributed by atoms with E-state index in [2.05, 4.69) is 39.7 Å². The topological polar surface area (TPSA) is 33.1 Å². The molecule has 1 heterocycles. The molecule has 0 aliphatic heterocycles. The van der Waals surface area contributed by atoms with E-state index in [1.807, 2.05) is 17.5 Å². The SMILES string of the molecule is OCc1csc(-c2ccc(I)cc2)n1. The van der Waals surface area contributed by atoms with Gasteiger partial charge in [0.1, 0.15) is 5.01 Å². The van der Waals surface area contributed by atoms with E-state index < -0.39 is 0 Å². The molecule has 72 valence electrons. The van der Waals surface area contributed by atoms with Gasteiger partial charge in [0.05, 0.1) is 12.3 Å². The van der Waals surface area contributed by atoms with Gasteiger partial charge < -0.3 is 5.11 Å². The lowest BCUT2D eigenvalue weighted by Crippen LogP contribution is -1.82. The van der Waals surface area contributed by atoms with E-state index in [0.29, 0.717) is 0 Å². The Bertz CT molecular complexity index is 424. The number of rotatable bonds is 2. The third-order valence-corrected chi connectivity index (χ3v) is 3.46. The molecule has 0 spiro atoms. The van der Waals surface area contributed by atoms with E-state index in [4.69, 9.17) is 5.11 Å². The van der Waals surface area contributed by atoms with Crippen LogP contribution in [0.3, 0.4) is 0 Å². The molecule has 0 aliphatic carbocycles. The number of benzene rings is 1. The summed E-state index contributed by atoms with van der Waals surface area (Å²) in [6.07, 6.45) is 0. The smallest absolute Gasteiger partial charge is 0.123 e. The zero-order valence-corrected chi connectivity index (χ0v) is 10.2. The molecule has 0 amide bonds. The molecule has 1 aromatic carbocycles. The fourth-order valence-corrected chi connectivity index (χ4v) is 2.28. The first-order valence-corrected chi connectivity index (χ1v) is 6.06. The Morgan fingerprint density at radius 3 is 2.57 bits per heavy atom. The predicted molar refractivity (Wildman–Crippen MR) is 66.2 cm³/mol. The highest BCUT2D eigenvalue weighted by molar-refractivity contribution is 14.1. The Morgan fingerprint density at radius 2 is 2.00 bits per heavy atom. The molecule has 2 aromatic rings. The van der Waals surface area contributed by atoms with Crippen molar-refractivity contribution in [1.29, 1.82) is 0 Å². The van der Waals surface area contributed by atoms with Crippen molar-refractivity contribution >= 4 is 33.9 Å².